The van der Waals surface area contributed by atoms with E-state index in [2.05, 4.69) is 12.1 Å². The number of rotatable bonds is 7. The lowest BCUT2D eigenvalue weighted by Gasteiger charge is -2.35. The maximum atomic E-state index is 11.2. The van der Waals surface area contributed by atoms with Gasteiger partial charge in [-0.3, -0.25) is 0 Å². The molecule has 8 heteroatoms. The van der Waals surface area contributed by atoms with Crippen LogP contribution in [0.2, 0.25) is 0 Å². The van der Waals surface area contributed by atoms with E-state index in [1.54, 1.807) is 7.11 Å². The molecule has 2 fully saturated rings. The quantitative estimate of drug-likeness (QED) is 0.541. The molecule has 2 aliphatic heterocycles. The number of ether oxygens (including phenoxy) is 2. The van der Waals surface area contributed by atoms with Crippen molar-refractivity contribution in [2.45, 2.75) is 57.8 Å². The first kappa shape index (κ1) is 23.1. The standard InChI is InChI=1S/C22H34BNO6/c1-21(2)22(3,4)30-23(29-21)18-8-6-16(7-9-18)19(28-15-14-27-5)17-10-12-24(13-11-17)20(25)26/h6-9,17,19H,10-15H2,1-5H3,(H,25,26). The minimum absolute atomic E-state index is 0.0940. The zero-order chi connectivity index (χ0) is 21.9. The van der Waals surface area contributed by atoms with Gasteiger partial charge in [-0.15, -0.1) is 0 Å². The number of likely N-dealkylation sites (tertiary alicyclic amines) is 1. The molecule has 1 atom stereocenters. The lowest BCUT2D eigenvalue weighted by Crippen LogP contribution is -2.41. The summed E-state index contributed by atoms with van der Waals surface area (Å²) in [4.78, 5) is 12.7. The zero-order valence-electron chi connectivity index (χ0n) is 18.7. The molecule has 0 spiro atoms. The summed E-state index contributed by atoms with van der Waals surface area (Å²) in [6, 6.07) is 8.22. The second-order valence-corrected chi connectivity index (χ2v) is 9.15. The van der Waals surface area contributed by atoms with E-state index in [0.717, 1.165) is 23.9 Å². The average Bonchev–Trinajstić information content (AvgIpc) is 2.93. The maximum Gasteiger partial charge on any atom is 0.494 e. The highest BCUT2D eigenvalue weighted by molar-refractivity contribution is 6.62. The number of hydrogen-bond donors (Lipinski definition) is 1. The Kier molecular flexibility index (Phi) is 7.12. The van der Waals surface area contributed by atoms with E-state index in [0.29, 0.717) is 26.3 Å². The minimum Gasteiger partial charge on any atom is -0.465 e. The van der Waals surface area contributed by atoms with Crippen LogP contribution >= 0.6 is 0 Å². The Hall–Kier alpha value is -1.61. The predicted octanol–water partition coefficient (Wildman–Crippen LogP) is 3.08. The van der Waals surface area contributed by atoms with Crippen molar-refractivity contribution < 1.29 is 28.7 Å². The number of benzene rings is 1. The smallest absolute Gasteiger partial charge is 0.465 e. The van der Waals surface area contributed by atoms with Gasteiger partial charge in [0.1, 0.15) is 0 Å². The van der Waals surface area contributed by atoms with Gasteiger partial charge in [0.15, 0.2) is 0 Å². The van der Waals surface area contributed by atoms with Gasteiger partial charge >= 0.3 is 13.2 Å². The Morgan fingerprint density at radius 1 is 1.13 bits per heavy atom. The van der Waals surface area contributed by atoms with Crippen LogP contribution in [0.5, 0.6) is 0 Å². The lowest BCUT2D eigenvalue weighted by molar-refractivity contribution is -0.0294. The van der Waals surface area contributed by atoms with Gasteiger partial charge < -0.3 is 28.8 Å². The van der Waals surface area contributed by atoms with E-state index in [1.807, 2.05) is 39.8 Å². The van der Waals surface area contributed by atoms with Crippen molar-refractivity contribution in [1.82, 2.24) is 4.90 Å². The molecule has 1 N–H and O–H groups in total. The molecule has 2 heterocycles. The van der Waals surface area contributed by atoms with Crippen molar-refractivity contribution in [3.05, 3.63) is 29.8 Å². The molecule has 0 radical (unpaired) electrons. The van der Waals surface area contributed by atoms with E-state index >= 15 is 0 Å². The summed E-state index contributed by atoms with van der Waals surface area (Å²) in [5.41, 5.74) is 1.31. The summed E-state index contributed by atoms with van der Waals surface area (Å²) in [5, 5.41) is 9.22. The van der Waals surface area contributed by atoms with Crippen LogP contribution in [0.25, 0.3) is 0 Å². The molecule has 1 aromatic rings. The number of hydrogen-bond acceptors (Lipinski definition) is 5. The predicted molar refractivity (Wildman–Crippen MR) is 115 cm³/mol. The minimum atomic E-state index is -0.850. The summed E-state index contributed by atoms with van der Waals surface area (Å²) in [5.74, 6) is 0.264. The molecule has 0 saturated carbocycles. The van der Waals surface area contributed by atoms with Crippen LogP contribution in [0, 0.1) is 5.92 Å². The van der Waals surface area contributed by atoms with Crippen molar-refractivity contribution in [2.24, 2.45) is 5.92 Å². The van der Waals surface area contributed by atoms with Crippen molar-refractivity contribution in [3.63, 3.8) is 0 Å². The normalized spacial score (nSPS) is 22.3. The van der Waals surface area contributed by atoms with Crippen molar-refractivity contribution in [1.29, 1.82) is 0 Å². The van der Waals surface area contributed by atoms with Crippen molar-refractivity contribution in [2.75, 3.05) is 33.4 Å². The van der Waals surface area contributed by atoms with Crippen LogP contribution in [0.3, 0.4) is 0 Å². The van der Waals surface area contributed by atoms with Gasteiger partial charge in [0, 0.05) is 20.2 Å². The van der Waals surface area contributed by atoms with Crippen molar-refractivity contribution >= 4 is 18.7 Å². The molecule has 1 amide bonds. The third-order valence-corrected chi connectivity index (χ3v) is 6.61. The Labute approximate surface area is 179 Å². The highest BCUT2D eigenvalue weighted by Gasteiger charge is 2.51. The molecule has 0 aliphatic carbocycles. The fraction of sp³-hybridized carbons (Fsp3) is 0.682. The van der Waals surface area contributed by atoms with Crippen molar-refractivity contribution in [3.8, 4) is 0 Å². The van der Waals surface area contributed by atoms with Crippen LogP contribution in [-0.2, 0) is 18.8 Å². The van der Waals surface area contributed by atoms with Gasteiger partial charge in [0.05, 0.1) is 30.5 Å². The summed E-state index contributed by atoms with van der Waals surface area (Å²) in [6.07, 6.45) is 0.617. The topological polar surface area (TPSA) is 77.5 Å². The molecule has 30 heavy (non-hydrogen) atoms. The molecule has 0 bridgehead atoms. The molecule has 2 aliphatic rings. The van der Waals surface area contributed by atoms with Crippen LogP contribution < -0.4 is 5.46 Å². The van der Waals surface area contributed by atoms with E-state index in [-0.39, 0.29) is 23.2 Å². The second-order valence-electron chi connectivity index (χ2n) is 9.15. The van der Waals surface area contributed by atoms with Gasteiger partial charge in [0.25, 0.3) is 0 Å². The Morgan fingerprint density at radius 3 is 2.20 bits per heavy atom. The van der Waals surface area contributed by atoms with Gasteiger partial charge in [-0.2, -0.15) is 0 Å². The monoisotopic (exact) mass is 419 g/mol. The summed E-state index contributed by atoms with van der Waals surface area (Å²) in [6.45, 7) is 10.3. The third-order valence-electron chi connectivity index (χ3n) is 6.61. The number of carbonyl (C=O) groups is 1. The Morgan fingerprint density at radius 2 is 1.70 bits per heavy atom. The molecule has 0 aromatic heterocycles. The fourth-order valence-corrected chi connectivity index (χ4v) is 3.98. The molecule has 2 saturated heterocycles. The first-order valence-electron chi connectivity index (χ1n) is 10.7. The fourth-order valence-electron chi connectivity index (χ4n) is 3.98. The molecule has 1 unspecified atom stereocenters. The van der Waals surface area contributed by atoms with Crippen LogP contribution in [0.1, 0.15) is 52.2 Å². The Bertz CT molecular complexity index is 699. The molecule has 3 rings (SSSR count). The number of carboxylic acid groups (broad SMARTS) is 1. The van der Waals surface area contributed by atoms with Gasteiger partial charge in [0.2, 0.25) is 0 Å². The first-order chi connectivity index (χ1) is 14.1. The van der Waals surface area contributed by atoms with Crippen LogP contribution in [-0.4, -0.2) is 67.8 Å². The van der Waals surface area contributed by atoms with E-state index in [1.165, 1.54) is 4.90 Å². The number of nitrogens with zero attached hydrogens (tertiary/aromatic N) is 1. The molecule has 1 aromatic carbocycles. The van der Waals surface area contributed by atoms with E-state index in [4.69, 9.17) is 18.8 Å². The highest BCUT2D eigenvalue weighted by Crippen LogP contribution is 2.37. The van der Waals surface area contributed by atoms with Crippen LogP contribution in [0.4, 0.5) is 4.79 Å². The average molecular weight is 419 g/mol. The molecular formula is C22H34BNO6. The zero-order valence-corrected chi connectivity index (χ0v) is 18.7. The van der Waals surface area contributed by atoms with Gasteiger partial charge in [-0.25, -0.2) is 4.79 Å². The molecule has 166 valence electrons. The summed E-state index contributed by atoms with van der Waals surface area (Å²) in [7, 11) is 1.26. The highest BCUT2D eigenvalue weighted by atomic mass is 16.7. The first-order valence-corrected chi connectivity index (χ1v) is 10.7. The molecular weight excluding hydrogens is 385 g/mol. The lowest BCUT2D eigenvalue weighted by atomic mass is 9.78. The van der Waals surface area contributed by atoms with Gasteiger partial charge in [-0.05, 0) is 57.5 Å². The maximum absolute atomic E-state index is 11.2. The number of piperidine rings is 1. The largest absolute Gasteiger partial charge is 0.494 e. The summed E-state index contributed by atoms with van der Waals surface area (Å²) >= 11 is 0. The van der Waals surface area contributed by atoms with Gasteiger partial charge in [-0.1, -0.05) is 24.3 Å². The Balaban J connectivity index is 1.72. The number of methoxy groups -OCH3 is 1. The number of amides is 1. The van der Waals surface area contributed by atoms with E-state index < -0.39 is 13.2 Å². The SMILES string of the molecule is COCCOC(c1ccc(B2OC(C)(C)C(C)(C)O2)cc1)C1CCN(C(=O)O)CC1. The van der Waals surface area contributed by atoms with E-state index in [9.17, 15) is 9.90 Å². The molecule has 7 nitrogen and oxygen atoms in total. The second kappa shape index (κ2) is 9.26. The van der Waals surface area contributed by atoms with Crippen LogP contribution in [0.15, 0.2) is 24.3 Å². The third kappa shape index (κ3) is 4.99. The summed E-state index contributed by atoms with van der Waals surface area (Å²) < 4.78 is 23.6.